The third-order valence-electron chi connectivity index (χ3n) is 3.63. The number of nitrogens with zero attached hydrogens (tertiary/aromatic N) is 1. The van der Waals surface area contributed by atoms with Crippen LogP contribution in [0.25, 0.3) is 0 Å². The molecular weight excluding hydrogens is 248 g/mol. The summed E-state index contributed by atoms with van der Waals surface area (Å²) >= 11 is 0. The van der Waals surface area contributed by atoms with E-state index in [4.69, 9.17) is 4.74 Å². The van der Waals surface area contributed by atoms with Gasteiger partial charge in [0.15, 0.2) is 0 Å². The van der Waals surface area contributed by atoms with E-state index in [9.17, 15) is 0 Å². The van der Waals surface area contributed by atoms with Crippen molar-refractivity contribution >= 4 is 0 Å². The van der Waals surface area contributed by atoms with E-state index in [-0.39, 0.29) is 6.04 Å². The Morgan fingerprint density at radius 3 is 2.70 bits per heavy atom. The number of likely N-dealkylation sites (N-methyl/N-ethyl adjacent to an activating group) is 1. The topological polar surface area (TPSA) is 34.1 Å². The second-order valence-electron chi connectivity index (χ2n) is 5.04. The summed E-state index contributed by atoms with van der Waals surface area (Å²) in [5, 5.41) is 3.38. The van der Waals surface area contributed by atoms with Crippen molar-refractivity contribution in [3.63, 3.8) is 0 Å². The van der Waals surface area contributed by atoms with Crippen molar-refractivity contribution in [2.45, 2.75) is 26.3 Å². The Labute approximate surface area is 121 Å². The predicted octanol–water partition coefficient (Wildman–Crippen LogP) is 3.21. The first kappa shape index (κ1) is 14.5. The van der Waals surface area contributed by atoms with Gasteiger partial charge in [0.1, 0.15) is 5.75 Å². The van der Waals surface area contributed by atoms with Gasteiger partial charge in [-0.1, -0.05) is 23.8 Å². The molecule has 0 amide bonds. The molecule has 1 heterocycles. The van der Waals surface area contributed by atoms with Gasteiger partial charge in [-0.3, -0.25) is 4.98 Å². The summed E-state index contributed by atoms with van der Waals surface area (Å²) in [5.41, 5.74) is 4.77. The van der Waals surface area contributed by atoms with Gasteiger partial charge in [0.25, 0.3) is 0 Å². The second kappa shape index (κ2) is 6.53. The number of methoxy groups -OCH3 is 1. The Kier molecular flexibility index (Phi) is 4.74. The summed E-state index contributed by atoms with van der Waals surface area (Å²) in [4.78, 5) is 4.38. The Balaban J connectivity index is 2.31. The summed E-state index contributed by atoms with van der Waals surface area (Å²) in [7, 11) is 3.71. The van der Waals surface area contributed by atoms with E-state index in [0.717, 1.165) is 17.9 Å². The van der Waals surface area contributed by atoms with E-state index >= 15 is 0 Å². The van der Waals surface area contributed by atoms with Crippen LogP contribution in [-0.4, -0.2) is 19.1 Å². The summed E-state index contributed by atoms with van der Waals surface area (Å²) in [6.45, 7) is 4.15. The van der Waals surface area contributed by atoms with Gasteiger partial charge in [0, 0.05) is 17.9 Å². The Morgan fingerprint density at radius 1 is 1.25 bits per heavy atom. The van der Waals surface area contributed by atoms with Gasteiger partial charge in [-0.25, -0.2) is 0 Å². The van der Waals surface area contributed by atoms with Gasteiger partial charge in [-0.05, 0) is 50.6 Å². The monoisotopic (exact) mass is 270 g/mol. The number of nitrogens with one attached hydrogen (secondary N) is 1. The van der Waals surface area contributed by atoms with Crippen molar-refractivity contribution in [1.29, 1.82) is 0 Å². The van der Waals surface area contributed by atoms with E-state index in [1.54, 1.807) is 7.11 Å². The third kappa shape index (κ3) is 3.17. The lowest BCUT2D eigenvalue weighted by Crippen LogP contribution is -2.20. The minimum Gasteiger partial charge on any atom is -0.496 e. The first-order valence-electron chi connectivity index (χ1n) is 6.88. The van der Waals surface area contributed by atoms with Crippen LogP contribution in [0, 0.1) is 13.8 Å². The fourth-order valence-electron chi connectivity index (χ4n) is 2.52. The minimum atomic E-state index is 0.236. The largest absolute Gasteiger partial charge is 0.496 e. The highest BCUT2D eigenvalue weighted by Gasteiger charge is 2.15. The lowest BCUT2D eigenvalue weighted by atomic mass is 9.96. The summed E-state index contributed by atoms with van der Waals surface area (Å²) < 4.78 is 5.47. The number of benzene rings is 1. The van der Waals surface area contributed by atoms with Crippen LogP contribution in [0.3, 0.4) is 0 Å². The highest BCUT2D eigenvalue weighted by atomic mass is 16.5. The maximum absolute atomic E-state index is 5.47. The van der Waals surface area contributed by atoms with Gasteiger partial charge < -0.3 is 10.1 Å². The molecule has 0 aliphatic heterocycles. The van der Waals surface area contributed by atoms with E-state index in [1.807, 2.05) is 32.3 Å². The van der Waals surface area contributed by atoms with Crippen LogP contribution in [0.5, 0.6) is 5.75 Å². The molecule has 0 fully saturated rings. The SMILES string of the molecule is CNC(Cc1cc(C)ccc1OC)c1cccnc1C. The molecule has 1 N–H and O–H groups in total. The molecule has 106 valence electrons. The van der Waals surface area contributed by atoms with Crippen LogP contribution in [0.15, 0.2) is 36.5 Å². The van der Waals surface area contributed by atoms with Gasteiger partial charge in [0.2, 0.25) is 0 Å². The molecule has 0 saturated carbocycles. The van der Waals surface area contributed by atoms with Crippen LogP contribution in [0.1, 0.15) is 28.4 Å². The molecule has 0 spiro atoms. The third-order valence-corrected chi connectivity index (χ3v) is 3.63. The molecule has 1 atom stereocenters. The standard InChI is InChI=1S/C17H22N2O/c1-12-7-8-17(20-4)14(10-12)11-16(18-3)15-6-5-9-19-13(15)2/h5-10,16,18H,11H2,1-4H3. The number of aryl methyl sites for hydroxylation is 2. The molecule has 0 radical (unpaired) electrons. The lowest BCUT2D eigenvalue weighted by Gasteiger charge is -2.20. The Morgan fingerprint density at radius 2 is 2.05 bits per heavy atom. The predicted molar refractivity (Wildman–Crippen MR) is 82.2 cm³/mol. The zero-order valence-electron chi connectivity index (χ0n) is 12.6. The number of hydrogen-bond acceptors (Lipinski definition) is 3. The fourth-order valence-corrected chi connectivity index (χ4v) is 2.52. The zero-order valence-corrected chi connectivity index (χ0v) is 12.6. The average Bonchev–Trinajstić information content (AvgIpc) is 2.46. The first-order valence-corrected chi connectivity index (χ1v) is 6.88. The van der Waals surface area contributed by atoms with Crippen molar-refractivity contribution in [2.75, 3.05) is 14.2 Å². The molecule has 1 unspecified atom stereocenters. The molecule has 1 aromatic heterocycles. The van der Waals surface area contributed by atoms with Crippen molar-refractivity contribution < 1.29 is 4.74 Å². The average molecular weight is 270 g/mol. The van der Waals surface area contributed by atoms with Gasteiger partial charge in [0.05, 0.1) is 7.11 Å². The maximum atomic E-state index is 5.47. The maximum Gasteiger partial charge on any atom is 0.122 e. The molecule has 0 aliphatic carbocycles. The van der Waals surface area contributed by atoms with Crippen LogP contribution < -0.4 is 10.1 Å². The number of hydrogen-bond donors (Lipinski definition) is 1. The summed E-state index contributed by atoms with van der Waals surface area (Å²) in [6, 6.07) is 10.7. The first-order chi connectivity index (χ1) is 9.65. The van der Waals surface area contributed by atoms with E-state index in [1.165, 1.54) is 16.7 Å². The van der Waals surface area contributed by atoms with Gasteiger partial charge in [-0.15, -0.1) is 0 Å². The van der Waals surface area contributed by atoms with Crippen LogP contribution in [0.2, 0.25) is 0 Å². The van der Waals surface area contributed by atoms with Crippen molar-refractivity contribution in [1.82, 2.24) is 10.3 Å². The quantitative estimate of drug-likeness (QED) is 0.906. The van der Waals surface area contributed by atoms with Gasteiger partial charge >= 0.3 is 0 Å². The molecular formula is C17H22N2O. The highest BCUT2D eigenvalue weighted by molar-refractivity contribution is 5.38. The van der Waals surface area contributed by atoms with Crippen LogP contribution in [-0.2, 0) is 6.42 Å². The number of aromatic nitrogens is 1. The molecule has 0 saturated heterocycles. The summed E-state index contributed by atoms with van der Waals surface area (Å²) in [5.74, 6) is 0.942. The van der Waals surface area contributed by atoms with Crippen molar-refractivity contribution in [3.8, 4) is 5.75 Å². The lowest BCUT2D eigenvalue weighted by molar-refractivity contribution is 0.406. The second-order valence-corrected chi connectivity index (χ2v) is 5.04. The molecule has 3 nitrogen and oxygen atoms in total. The molecule has 2 rings (SSSR count). The van der Waals surface area contributed by atoms with E-state index < -0.39 is 0 Å². The Hall–Kier alpha value is -1.87. The van der Waals surface area contributed by atoms with E-state index in [0.29, 0.717) is 0 Å². The molecule has 3 heteroatoms. The fraction of sp³-hybridized carbons (Fsp3) is 0.353. The van der Waals surface area contributed by atoms with Crippen LogP contribution >= 0.6 is 0 Å². The van der Waals surface area contributed by atoms with Crippen LogP contribution in [0.4, 0.5) is 0 Å². The number of rotatable bonds is 5. The molecule has 0 bridgehead atoms. The molecule has 2 aromatic rings. The smallest absolute Gasteiger partial charge is 0.122 e. The number of ether oxygens (including phenoxy) is 1. The van der Waals surface area contributed by atoms with Gasteiger partial charge in [-0.2, -0.15) is 0 Å². The van der Waals surface area contributed by atoms with E-state index in [2.05, 4.69) is 35.4 Å². The summed E-state index contributed by atoms with van der Waals surface area (Å²) in [6.07, 6.45) is 2.71. The molecule has 1 aromatic carbocycles. The Bertz CT molecular complexity index is 581. The van der Waals surface area contributed by atoms with Crippen molar-refractivity contribution in [3.05, 3.63) is 58.9 Å². The molecule has 20 heavy (non-hydrogen) atoms. The normalized spacial score (nSPS) is 12.2. The minimum absolute atomic E-state index is 0.236. The zero-order chi connectivity index (χ0) is 14.5. The highest BCUT2D eigenvalue weighted by Crippen LogP contribution is 2.26. The number of pyridine rings is 1. The van der Waals surface area contributed by atoms with Crippen molar-refractivity contribution in [2.24, 2.45) is 0 Å². The molecule has 0 aliphatic rings.